The van der Waals surface area contributed by atoms with Crippen LogP contribution in [0.5, 0.6) is 5.75 Å². The maximum Gasteiger partial charge on any atom is 0.387 e. The normalized spacial score (nSPS) is 19.7. The Morgan fingerprint density at radius 2 is 2.12 bits per heavy atom. The average Bonchev–Trinajstić information content (AvgIpc) is 3.27. The summed E-state index contributed by atoms with van der Waals surface area (Å²) < 4.78 is 28.6. The Labute approximate surface area is 155 Å². The van der Waals surface area contributed by atoms with Gasteiger partial charge >= 0.3 is 6.61 Å². The second kappa shape index (κ2) is 9.09. The molecule has 1 fully saturated rings. The van der Waals surface area contributed by atoms with Crippen LogP contribution in [-0.2, 0) is 11.2 Å². The second-order valence-electron chi connectivity index (χ2n) is 6.42. The van der Waals surface area contributed by atoms with Gasteiger partial charge in [-0.15, -0.1) is 11.3 Å². The van der Waals surface area contributed by atoms with Gasteiger partial charge in [-0.1, -0.05) is 18.2 Å². The van der Waals surface area contributed by atoms with Crippen molar-refractivity contribution in [2.24, 2.45) is 0 Å². The Balaban J connectivity index is 1.41. The van der Waals surface area contributed by atoms with Crippen LogP contribution in [0, 0.1) is 0 Å². The van der Waals surface area contributed by atoms with Crippen LogP contribution in [0.4, 0.5) is 8.78 Å². The molecule has 1 aliphatic heterocycles. The fourth-order valence-corrected chi connectivity index (χ4v) is 4.33. The van der Waals surface area contributed by atoms with Crippen LogP contribution in [-0.4, -0.2) is 32.2 Å². The molecule has 0 aliphatic carbocycles. The van der Waals surface area contributed by atoms with E-state index in [1.165, 1.54) is 21.9 Å². The lowest BCUT2D eigenvalue weighted by Crippen LogP contribution is -3.11. The SMILES string of the molecule is O=C(C[NH+]1CCC[C@H]1c1cccs1)NCCc1ccc(OC(F)F)cc1. The van der Waals surface area contributed by atoms with Crippen molar-refractivity contribution in [3.63, 3.8) is 0 Å². The van der Waals surface area contributed by atoms with E-state index in [1.807, 2.05) is 0 Å². The standard InChI is InChI=1S/C19H22F2N2O2S/c20-19(21)25-15-7-5-14(6-8-15)9-10-22-18(24)13-23-11-1-3-16(23)17-4-2-12-26-17/h2,4-8,12,16,19H,1,3,9-11,13H2,(H,22,24)/p+1/t16-/m0/s1. The van der Waals surface area contributed by atoms with Gasteiger partial charge in [0.1, 0.15) is 11.8 Å². The number of alkyl halides is 2. The van der Waals surface area contributed by atoms with Gasteiger partial charge in [-0.25, -0.2) is 0 Å². The number of hydrogen-bond acceptors (Lipinski definition) is 3. The van der Waals surface area contributed by atoms with Gasteiger partial charge in [0.2, 0.25) is 0 Å². The highest BCUT2D eigenvalue weighted by Crippen LogP contribution is 2.23. The molecule has 1 aromatic heterocycles. The van der Waals surface area contributed by atoms with Crippen molar-refractivity contribution < 1.29 is 23.2 Å². The molecule has 0 spiro atoms. The zero-order valence-electron chi connectivity index (χ0n) is 14.4. The van der Waals surface area contributed by atoms with E-state index in [0.29, 0.717) is 25.6 Å². The molecule has 2 aromatic rings. The Kier molecular flexibility index (Phi) is 6.57. The number of rotatable bonds is 8. The number of thiophene rings is 1. The van der Waals surface area contributed by atoms with Gasteiger partial charge in [-0.2, -0.15) is 8.78 Å². The van der Waals surface area contributed by atoms with Crippen molar-refractivity contribution >= 4 is 17.2 Å². The van der Waals surface area contributed by atoms with E-state index in [1.54, 1.807) is 23.5 Å². The lowest BCUT2D eigenvalue weighted by atomic mass is 10.1. The van der Waals surface area contributed by atoms with Gasteiger partial charge < -0.3 is 15.0 Å². The van der Waals surface area contributed by atoms with E-state index in [-0.39, 0.29) is 11.7 Å². The van der Waals surface area contributed by atoms with Crippen molar-refractivity contribution in [2.75, 3.05) is 19.6 Å². The molecule has 4 nitrogen and oxygen atoms in total. The van der Waals surface area contributed by atoms with Crippen molar-refractivity contribution in [1.29, 1.82) is 0 Å². The number of ether oxygens (including phenoxy) is 1. The fourth-order valence-electron chi connectivity index (χ4n) is 3.41. The molecule has 3 rings (SSSR count). The number of carbonyl (C=O) groups is 1. The summed E-state index contributed by atoms with van der Waals surface area (Å²) in [7, 11) is 0. The number of carbonyl (C=O) groups excluding carboxylic acids is 1. The van der Waals surface area contributed by atoms with Crippen LogP contribution >= 0.6 is 11.3 Å². The average molecular weight is 381 g/mol. The van der Waals surface area contributed by atoms with Gasteiger partial charge in [-0.05, 0) is 35.6 Å². The first-order valence-corrected chi connectivity index (χ1v) is 9.68. The molecule has 26 heavy (non-hydrogen) atoms. The van der Waals surface area contributed by atoms with Gasteiger partial charge in [0, 0.05) is 19.4 Å². The predicted octanol–water partition coefficient (Wildman–Crippen LogP) is 2.43. The smallest absolute Gasteiger partial charge is 0.387 e. The van der Waals surface area contributed by atoms with Gasteiger partial charge in [0.15, 0.2) is 6.54 Å². The highest BCUT2D eigenvalue weighted by atomic mass is 32.1. The number of hydrogen-bond donors (Lipinski definition) is 2. The summed E-state index contributed by atoms with van der Waals surface area (Å²) in [4.78, 5) is 14.9. The second-order valence-corrected chi connectivity index (χ2v) is 7.40. The summed E-state index contributed by atoms with van der Waals surface area (Å²) in [5.74, 6) is 0.200. The molecule has 2 N–H and O–H groups in total. The third-order valence-corrected chi connectivity index (χ3v) is 5.63. The van der Waals surface area contributed by atoms with Gasteiger partial charge in [0.25, 0.3) is 5.91 Å². The van der Waals surface area contributed by atoms with Crippen LogP contribution in [0.25, 0.3) is 0 Å². The molecule has 1 unspecified atom stereocenters. The zero-order chi connectivity index (χ0) is 18.4. The van der Waals surface area contributed by atoms with Gasteiger partial charge in [0.05, 0.1) is 11.4 Å². The van der Waals surface area contributed by atoms with Crippen molar-refractivity contribution in [3.8, 4) is 5.75 Å². The van der Waals surface area contributed by atoms with Crippen molar-refractivity contribution in [1.82, 2.24) is 5.32 Å². The molecule has 2 atom stereocenters. The molecule has 1 aliphatic rings. The van der Waals surface area contributed by atoms with E-state index in [9.17, 15) is 13.6 Å². The lowest BCUT2D eigenvalue weighted by molar-refractivity contribution is -0.910. The highest BCUT2D eigenvalue weighted by molar-refractivity contribution is 7.10. The summed E-state index contributed by atoms with van der Waals surface area (Å²) in [6.45, 7) is -0.762. The molecule has 1 saturated heterocycles. The lowest BCUT2D eigenvalue weighted by Gasteiger charge is -2.20. The van der Waals surface area contributed by atoms with Gasteiger partial charge in [-0.3, -0.25) is 4.79 Å². The molecule has 140 valence electrons. The van der Waals surface area contributed by atoms with Crippen molar-refractivity contribution in [3.05, 3.63) is 52.2 Å². The van der Waals surface area contributed by atoms with E-state index in [2.05, 4.69) is 27.6 Å². The topological polar surface area (TPSA) is 42.8 Å². The Hall–Kier alpha value is -1.99. The molecular formula is C19H23F2N2O2S+. The molecular weight excluding hydrogens is 358 g/mol. The predicted molar refractivity (Wildman–Crippen MR) is 96.8 cm³/mol. The summed E-state index contributed by atoms with van der Waals surface area (Å²) in [5.41, 5.74) is 0.969. The monoisotopic (exact) mass is 381 g/mol. The minimum absolute atomic E-state index is 0.0566. The van der Waals surface area contributed by atoms with Crippen LogP contribution in [0.2, 0.25) is 0 Å². The molecule has 2 heterocycles. The summed E-state index contributed by atoms with van der Waals surface area (Å²) in [5, 5.41) is 5.05. The van der Waals surface area contributed by atoms with E-state index >= 15 is 0 Å². The third kappa shape index (κ3) is 5.25. The number of amides is 1. The van der Waals surface area contributed by atoms with Crippen LogP contribution in [0.3, 0.4) is 0 Å². The summed E-state index contributed by atoms with van der Waals surface area (Å²) in [6, 6.07) is 11.2. The zero-order valence-corrected chi connectivity index (χ0v) is 15.2. The molecule has 1 amide bonds. The number of likely N-dealkylation sites (tertiary alicyclic amines) is 1. The van der Waals surface area contributed by atoms with Crippen LogP contribution < -0.4 is 15.0 Å². The largest absolute Gasteiger partial charge is 0.435 e. The number of halogens is 2. The number of quaternary nitrogens is 1. The molecule has 0 radical (unpaired) electrons. The maximum absolute atomic E-state index is 12.2. The van der Waals surface area contributed by atoms with Crippen LogP contribution in [0.1, 0.15) is 29.3 Å². The maximum atomic E-state index is 12.2. The van der Waals surface area contributed by atoms with Crippen LogP contribution in [0.15, 0.2) is 41.8 Å². The van der Waals surface area contributed by atoms with E-state index in [0.717, 1.165) is 24.9 Å². The van der Waals surface area contributed by atoms with Crippen molar-refractivity contribution in [2.45, 2.75) is 31.9 Å². The summed E-state index contributed by atoms with van der Waals surface area (Å²) in [6.07, 6.45) is 2.94. The van der Waals surface area contributed by atoms with E-state index in [4.69, 9.17) is 0 Å². The quantitative estimate of drug-likeness (QED) is 0.738. The Bertz CT molecular complexity index is 692. The third-order valence-electron chi connectivity index (χ3n) is 4.64. The first-order valence-electron chi connectivity index (χ1n) is 8.80. The Morgan fingerprint density at radius 3 is 2.81 bits per heavy atom. The molecule has 1 aromatic carbocycles. The fraction of sp³-hybridized carbons (Fsp3) is 0.421. The first kappa shape index (κ1) is 18.8. The molecule has 7 heteroatoms. The molecule has 0 saturated carbocycles. The number of benzene rings is 1. The Morgan fingerprint density at radius 1 is 1.31 bits per heavy atom. The summed E-state index contributed by atoms with van der Waals surface area (Å²) >= 11 is 1.76. The van der Waals surface area contributed by atoms with E-state index < -0.39 is 6.61 Å². The first-order chi connectivity index (χ1) is 12.6. The molecule has 0 bridgehead atoms. The minimum atomic E-state index is -2.81. The minimum Gasteiger partial charge on any atom is -0.435 e. The highest BCUT2D eigenvalue weighted by Gasteiger charge is 2.32. The number of nitrogens with one attached hydrogen (secondary N) is 2.